The summed E-state index contributed by atoms with van der Waals surface area (Å²) >= 11 is 6.04. The number of ether oxygens (including phenoxy) is 1. The largest absolute Gasteiger partial charge is 0.495 e. The van der Waals surface area contributed by atoms with Crippen molar-refractivity contribution in [2.45, 2.75) is 44.6 Å². The number of rotatable bonds is 6. The summed E-state index contributed by atoms with van der Waals surface area (Å²) in [4.78, 5) is 19.5. The van der Waals surface area contributed by atoms with E-state index in [-0.39, 0.29) is 23.4 Å². The van der Waals surface area contributed by atoms with Crippen LogP contribution < -0.4 is 15.4 Å². The molecule has 1 fully saturated rings. The smallest absolute Gasteiger partial charge is 0.353 e. The normalized spacial score (nSPS) is 15.0. The second-order valence-electron chi connectivity index (χ2n) is 6.48. The zero-order chi connectivity index (χ0) is 19.2. The Kier molecular flexibility index (Phi) is 6.28. The average molecular weight is 392 g/mol. The van der Waals surface area contributed by atoms with Crippen LogP contribution in [-0.4, -0.2) is 28.0 Å². The average Bonchev–Trinajstić information content (AvgIpc) is 2.90. The Morgan fingerprint density at radius 3 is 2.56 bits per heavy atom. The van der Waals surface area contributed by atoms with E-state index in [9.17, 15) is 10.1 Å². The molecule has 1 aromatic carbocycles. The number of nitrogens with one attached hydrogen (secondary N) is 2. The monoisotopic (exact) mass is 391 g/mol. The zero-order valence-electron chi connectivity index (χ0n) is 15.1. The fourth-order valence-corrected chi connectivity index (χ4v) is 3.44. The van der Waals surface area contributed by atoms with Crippen LogP contribution in [0.1, 0.15) is 38.5 Å². The molecule has 144 valence electrons. The minimum Gasteiger partial charge on any atom is -0.495 e. The topological polar surface area (TPSA) is 102 Å². The third-order valence-electron chi connectivity index (χ3n) is 4.62. The highest BCUT2D eigenvalue weighted by Gasteiger charge is 2.26. The third-order valence-corrected chi connectivity index (χ3v) is 4.85. The van der Waals surface area contributed by atoms with Gasteiger partial charge in [-0.3, -0.25) is 10.1 Å². The van der Waals surface area contributed by atoms with E-state index in [1.54, 1.807) is 18.2 Å². The van der Waals surface area contributed by atoms with Gasteiger partial charge < -0.3 is 15.4 Å². The lowest BCUT2D eigenvalue weighted by Crippen LogP contribution is -2.20. The molecule has 1 saturated carbocycles. The number of nitrogens with zero attached hydrogens (tertiary/aromatic N) is 3. The van der Waals surface area contributed by atoms with E-state index in [4.69, 9.17) is 16.3 Å². The molecule has 2 aromatic rings. The lowest BCUT2D eigenvalue weighted by molar-refractivity contribution is -0.383. The van der Waals surface area contributed by atoms with Gasteiger partial charge in [0, 0.05) is 11.1 Å². The molecule has 1 aliphatic rings. The summed E-state index contributed by atoms with van der Waals surface area (Å²) in [5.74, 6) is 0.822. The van der Waals surface area contributed by atoms with Crippen LogP contribution in [0.15, 0.2) is 24.5 Å². The van der Waals surface area contributed by atoms with Gasteiger partial charge in [0.1, 0.15) is 12.1 Å². The molecule has 2 N–H and O–H groups in total. The molecular formula is C18H22ClN5O3. The minimum atomic E-state index is -0.474. The summed E-state index contributed by atoms with van der Waals surface area (Å²) in [5, 5.41) is 18.4. The van der Waals surface area contributed by atoms with Gasteiger partial charge in [0.15, 0.2) is 0 Å². The number of aromatic nitrogens is 2. The summed E-state index contributed by atoms with van der Waals surface area (Å²) in [7, 11) is 1.52. The van der Waals surface area contributed by atoms with Gasteiger partial charge >= 0.3 is 5.69 Å². The highest BCUT2D eigenvalue weighted by atomic mass is 35.5. The SMILES string of the molecule is COc1ccc(Cl)cc1Nc1ncnc(NC2CCCCCC2)c1[N+](=O)[O-]. The highest BCUT2D eigenvalue weighted by molar-refractivity contribution is 6.31. The molecule has 0 atom stereocenters. The molecule has 9 heteroatoms. The number of hydrogen-bond donors (Lipinski definition) is 2. The van der Waals surface area contributed by atoms with Crippen LogP contribution in [0.25, 0.3) is 0 Å². The standard InChI is InChI=1S/C18H22ClN5O3/c1-27-15-9-8-12(19)10-14(15)23-18-16(24(25)26)17(20-11-21-18)22-13-6-4-2-3-5-7-13/h8-11,13H,2-7H2,1H3,(H2,20,21,22,23). The van der Waals surface area contributed by atoms with Crippen molar-refractivity contribution in [3.05, 3.63) is 39.7 Å². The first-order valence-electron chi connectivity index (χ1n) is 8.95. The fraction of sp³-hybridized carbons (Fsp3) is 0.444. The van der Waals surface area contributed by atoms with Crippen LogP contribution >= 0.6 is 11.6 Å². The Labute approximate surface area is 162 Å². The van der Waals surface area contributed by atoms with Crippen LogP contribution in [0.5, 0.6) is 5.75 Å². The lowest BCUT2D eigenvalue weighted by Gasteiger charge is -2.17. The number of nitro groups is 1. The van der Waals surface area contributed by atoms with Gasteiger partial charge in [-0.05, 0) is 31.0 Å². The maximum absolute atomic E-state index is 11.8. The van der Waals surface area contributed by atoms with E-state index in [0.29, 0.717) is 16.5 Å². The lowest BCUT2D eigenvalue weighted by atomic mass is 10.1. The summed E-state index contributed by atoms with van der Waals surface area (Å²) < 4.78 is 5.29. The summed E-state index contributed by atoms with van der Waals surface area (Å²) in [6, 6.07) is 5.17. The minimum absolute atomic E-state index is 0.0895. The first-order valence-corrected chi connectivity index (χ1v) is 9.32. The zero-order valence-corrected chi connectivity index (χ0v) is 15.8. The van der Waals surface area contributed by atoms with E-state index in [0.717, 1.165) is 25.7 Å². The molecule has 27 heavy (non-hydrogen) atoms. The van der Waals surface area contributed by atoms with Gasteiger partial charge in [-0.1, -0.05) is 37.3 Å². The van der Waals surface area contributed by atoms with E-state index >= 15 is 0 Å². The van der Waals surface area contributed by atoms with Crippen molar-refractivity contribution in [3.63, 3.8) is 0 Å². The number of anilines is 3. The molecule has 0 radical (unpaired) electrons. The van der Waals surface area contributed by atoms with Crippen molar-refractivity contribution in [2.75, 3.05) is 17.7 Å². The molecule has 0 aliphatic heterocycles. The number of benzene rings is 1. The molecule has 0 unspecified atom stereocenters. The molecule has 0 saturated heterocycles. The van der Waals surface area contributed by atoms with Crippen LogP contribution in [0.4, 0.5) is 23.0 Å². The van der Waals surface area contributed by atoms with E-state index in [1.165, 1.54) is 26.3 Å². The third kappa shape index (κ3) is 4.77. The first kappa shape index (κ1) is 19.2. The second-order valence-corrected chi connectivity index (χ2v) is 6.92. The van der Waals surface area contributed by atoms with Gasteiger partial charge in [-0.2, -0.15) is 0 Å². The number of halogens is 1. The maximum Gasteiger partial charge on any atom is 0.353 e. The predicted octanol–water partition coefficient (Wildman–Crippen LogP) is 4.93. The van der Waals surface area contributed by atoms with E-state index in [2.05, 4.69) is 20.6 Å². The number of methoxy groups -OCH3 is 1. The summed E-state index contributed by atoms with van der Waals surface area (Å²) in [6.45, 7) is 0. The van der Waals surface area contributed by atoms with Crippen molar-refractivity contribution >= 4 is 34.6 Å². The summed E-state index contributed by atoms with van der Waals surface area (Å²) in [5.41, 5.74) is 0.302. The van der Waals surface area contributed by atoms with Gasteiger partial charge in [0.05, 0.1) is 17.7 Å². The molecule has 3 rings (SSSR count). The molecular weight excluding hydrogens is 370 g/mol. The Hall–Kier alpha value is -2.61. The van der Waals surface area contributed by atoms with Crippen LogP contribution in [0.2, 0.25) is 5.02 Å². The Balaban J connectivity index is 1.92. The summed E-state index contributed by atoms with van der Waals surface area (Å²) in [6.07, 6.45) is 7.89. The fourth-order valence-electron chi connectivity index (χ4n) is 3.27. The quantitative estimate of drug-likeness (QED) is 0.409. The van der Waals surface area contributed by atoms with Gasteiger partial charge in [0.2, 0.25) is 11.6 Å². The van der Waals surface area contributed by atoms with Crippen LogP contribution in [0.3, 0.4) is 0 Å². The molecule has 1 heterocycles. The van der Waals surface area contributed by atoms with Crippen LogP contribution in [0, 0.1) is 10.1 Å². The van der Waals surface area contributed by atoms with Crippen molar-refractivity contribution in [1.29, 1.82) is 0 Å². The highest BCUT2D eigenvalue weighted by Crippen LogP contribution is 2.36. The molecule has 1 aromatic heterocycles. The molecule has 8 nitrogen and oxygen atoms in total. The second kappa shape index (κ2) is 8.85. The van der Waals surface area contributed by atoms with Crippen LogP contribution in [-0.2, 0) is 0 Å². The van der Waals surface area contributed by atoms with Crippen molar-refractivity contribution in [2.24, 2.45) is 0 Å². The Morgan fingerprint density at radius 1 is 1.19 bits per heavy atom. The molecule has 0 bridgehead atoms. The van der Waals surface area contributed by atoms with E-state index < -0.39 is 4.92 Å². The van der Waals surface area contributed by atoms with Gasteiger partial charge in [-0.15, -0.1) is 0 Å². The molecule has 1 aliphatic carbocycles. The van der Waals surface area contributed by atoms with E-state index in [1.807, 2.05) is 0 Å². The number of hydrogen-bond acceptors (Lipinski definition) is 7. The maximum atomic E-state index is 11.8. The van der Waals surface area contributed by atoms with Gasteiger partial charge in [-0.25, -0.2) is 9.97 Å². The van der Waals surface area contributed by atoms with Gasteiger partial charge in [0.25, 0.3) is 0 Å². The van der Waals surface area contributed by atoms with Crippen molar-refractivity contribution in [3.8, 4) is 5.75 Å². The molecule has 0 amide bonds. The van der Waals surface area contributed by atoms with Crippen molar-refractivity contribution < 1.29 is 9.66 Å². The Bertz CT molecular complexity index is 810. The Morgan fingerprint density at radius 2 is 1.89 bits per heavy atom. The first-order chi connectivity index (χ1) is 13.1. The molecule has 0 spiro atoms. The van der Waals surface area contributed by atoms with Crippen molar-refractivity contribution in [1.82, 2.24) is 9.97 Å². The predicted molar refractivity (Wildman–Crippen MR) is 105 cm³/mol.